The van der Waals surface area contributed by atoms with Crippen LogP contribution in [0.1, 0.15) is 16.7 Å². The number of pyridine rings is 2. The van der Waals surface area contributed by atoms with Gasteiger partial charge < -0.3 is 5.41 Å². The number of nitrogens with one attached hydrogen (secondary N) is 2. The molecule has 0 aliphatic heterocycles. The number of benzene rings is 6. The van der Waals surface area contributed by atoms with E-state index in [1.807, 2.05) is 91.3 Å². The summed E-state index contributed by atoms with van der Waals surface area (Å²) in [5, 5.41) is 15.1. The van der Waals surface area contributed by atoms with E-state index in [0.29, 0.717) is 5.56 Å². The quantitative estimate of drug-likeness (QED) is 0.0975. The topological polar surface area (TPSA) is 50.6 Å². The summed E-state index contributed by atoms with van der Waals surface area (Å²) in [6.45, 7) is 3.73. The monoisotopic (exact) mass is 703 g/mol. The first-order chi connectivity index (χ1) is 23.7. The van der Waals surface area contributed by atoms with Gasteiger partial charge in [-0.25, -0.2) is 5.71 Å². The number of hydrogen-bond acceptors (Lipinski definition) is 0. The molecule has 3 nitrogen and oxygen atoms in total. The van der Waals surface area contributed by atoms with Crippen molar-refractivity contribution in [2.45, 2.75) is 0 Å². The molecule has 4 heteroatoms. The Morgan fingerprint density at radius 1 is 0.531 bits per heavy atom. The standard InChI is InChI=1S/2C15H10N.C15H11N.Sr/c2*1-2-7-13(8-3-1)15-14-9-5-4-6-12(14)10-11-16-15;1-2-12-8-6-7-11-14(12)15(16)13-9-4-3-5-10-13;/h2*1-7,9-11H;2-9,11H,1H2;/q2*-1;-2;+2/p+2. The molecule has 0 saturated heterocycles. The zero-order chi connectivity index (χ0) is 33.0. The summed E-state index contributed by atoms with van der Waals surface area (Å²) in [6.07, 6.45) is 5.67. The maximum Gasteiger partial charge on any atom is 2.00 e. The second-order valence-corrected chi connectivity index (χ2v) is 10.8. The van der Waals surface area contributed by atoms with Crippen LogP contribution in [0.25, 0.3) is 55.5 Å². The first kappa shape index (κ1) is 35.3. The molecular weight excluding hydrogens is 670 g/mol. The van der Waals surface area contributed by atoms with Crippen molar-refractivity contribution in [3.8, 4) is 22.5 Å². The third-order valence-electron chi connectivity index (χ3n) is 7.80. The Bertz CT molecular complexity index is 2140. The first-order valence-corrected chi connectivity index (χ1v) is 15.7. The fraction of sp³-hybridized carbons (Fsp3) is 0. The molecule has 0 atom stereocenters. The van der Waals surface area contributed by atoms with Gasteiger partial charge in [0, 0.05) is 22.9 Å². The minimum atomic E-state index is 0. The predicted molar refractivity (Wildman–Crippen MR) is 204 cm³/mol. The summed E-state index contributed by atoms with van der Waals surface area (Å²) in [7, 11) is 0. The van der Waals surface area contributed by atoms with E-state index >= 15 is 0 Å². The van der Waals surface area contributed by atoms with Gasteiger partial charge >= 0.3 is 45.5 Å². The Kier molecular flexibility index (Phi) is 13.0. The molecule has 0 saturated carbocycles. The molecule has 0 amide bonds. The van der Waals surface area contributed by atoms with Crippen LogP contribution >= 0.6 is 0 Å². The maximum atomic E-state index is 10.1. The molecule has 0 spiro atoms. The van der Waals surface area contributed by atoms with Gasteiger partial charge in [-0.3, -0.25) is 9.97 Å². The summed E-state index contributed by atoms with van der Waals surface area (Å²) in [5.74, 6) is 0. The molecule has 49 heavy (non-hydrogen) atoms. The van der Waals surface area contributed by atoms with Gasteiger partial charge in [-0.05, 0) is 16.3 Å². The number of hydrogen-bond donors (Lipinski definition) is 0. The molecule has 2 heterocycles. The van der Waals surface area contributed by atoms with Gasteiger partial charge in [0.1, 0.15) is 11.4 Å². The van der Waals surface area contributed by atoms with Crippen molar-refractivity contribution in [2.24, 2.45) is 0 Å². The summed E-state index contributed by atoms with van der Waals surface area (Å²) in [5.41, 5.74) is 7.06. The molecule has 8 aromatic rings. The summed E-state index contributed by atoms with van der Waals surface area (Å²) in [4.78, 5) is 6.59. The van der Waals surface area contributed by atoms with Crippen LogP contribution in [0.4, 0.5) is 0 Å². The SMILES string of the molecule is C=Cc1ccccc1C(=[N-])c1[c-]cccc1.[Sr+2].[c-]1ccccc1-c1[nH+]ccc2ccccc12.[c-]1ccccc1-c1[nH+]ccc2ccccc12. The Morgan fingerprint density at radius 3 is 1.49 bits per heavy atom. The molecule has 0 aliphatic carbocycles. The second kappa shape index (κ2) is 18.0. The van der Waals surface area contributed by atoms with Crippen molar-refractivity contribution in [1.82, 2.24) is 0 Å². The van der Waals surface area contributed by atoms with Gasteiger partial charge in [0.2, 0.25) is 0 Å². The molecule has 0 bridgehead atoms. The minimum Gasteiger partial charge on any atom is -0.855 e. The van der Waals surface area contributed by atoms with Crippen LogP contribution < -0.4 is 9.97 Å². The minimum absolute atomic E-state index is 0. The Balaban J connectivity index is 0.000000142. The van der Waals surface area contributed by atoms with Crippen LogP contribution in [0.5, 0.6) is 0 Å². The summed E-state index contributed by atoms with van der Waals surface area (Å²) < 4.78 is 0. The molecule has 0 fully saturated rings. The molecule has 0 unspecified atom stereocenters. The zero-order valence-electron chi connectivity index (χ0n) is 27.1. The van der Waals surface area contributed by atoms with Gasteiger partial charge in [0.25, 0.3) is 0 Å². The second-order valence-electron chi connectivity index (χ2n) is 10.8. The van der Waals surface area contributed by atoms with Crippen molar-refractivity contribution < 1.29 is 9.97 Å². The van der Waals surface area contributed by atoms with E-state index in [2.05, 4.69) is 108 Å². The first-order valence-electron chi connectivity index (χ1n) is 15.7. The fourth-order valence-corrected chi connectivity index (χ4v) is 5.44. The Morgan fingerprint density at radius 2 is 1.00 bits per heavy atom. The molecule has 0 aliphatic rings. The molecule has 0 radical (unpaired) electrons. The predicted octanol–water partition coefficient (Wildman–Crippen LogP) is 9.40. The van der Waals surface area contributed by atoms with Crippen LogP contribution in [-0.2, 0) is 0 Å². The van der Waals surface area contributed by atoms with Crippen LogP contribution in [0.15, 0.2) is 177 Å². The van der Waals surface area contributed by atoms with Crippen LogP contribution in [-0.4, -0.2) is 51.2 Å². The van der Waals surface area contributed by atoms with Gasteiger partial charge in [-0.2, -0.15) is 5.56 Å². The number of rotatable bonds is 5. The summed E-state index contributed by atoms with van der Waals surface area (Å²) in [6, 6.07) is 61.4. The smallest absolute Gasteiger partial charge is 0.855 e. The number of H-pyrrole nitrogens is 2. The zero-order valence-corrected chi connectivity index (χ0v) is 30.6. The number of aromatic amines is 2. The van der Waals surface area contributed by atoms with E-state index < -0.39 is 0 Å². The molecule has 8 rings (SSSR count). The van der Waals surface area contributed by atoms with E-state index in [0.717, 1.165) is 33.6 Å². The van der Waals surface area contributed by atoms with Crippen LogP contribution in [0, 0.1) is 18.2 Å². The van der Waals surface area contributed by atoms with Gasteiger partial charge in [0.05, 0.1) is 0 Å². The largest absolute Gasteiger partial charge is 2.00 e. The molecular formula is C45H33N3Sr. The third-order valence-corrected chi connectivity index (χ3v) is 7.80. The third kappa shape index (κ3) is 8.94. The number of nitrogens with zero attached hydrogens (tertiary/aromatic N) is 1. The van der Waals surface area contributed by atoms with Gasteiger partial charge in [0.15, 0.2) is 12.4 Å². The van der Waals surface area contributed by atoms with Crippen molar-refractivity contribution in [3.63, 3.8) is 0 Å². The average molecular weight is 703 g/mol. The Hall–Kier alpha value is -4.97. The van der Waals surface area contributed by atoms with E-state index in [9.17, 15) is 5.41 Å². The average Bonchev–Trinajstić information content (AvgIpc) is 3.18. The van der Waals surface area contributed by atoms with E-state index in [-0.39, 0.29) is 51.2 Å². The normalized spacial score (nSPS) is 10.0. The number of aromatic nitrogens is 2. The van der Waals surface area contributed by atoms with Crippen LogP contribution in [0.2, 0.25) is 0 Å². The fourth-order valence-electron chi connectivity index (χ4n) is 5.44. The van der Waals surface area contributed by atoms with E-state index in [1.54, 1.807) is 12.1 Å². The van der Waals surface area contributed by atoms with E-state index in [1.165, 1.54) is 21.5 Å². The van der Waals surface area contributed by atoms with Crippen molar-refractivity contribution >= 4 is 78.8 Å². The van der Waals surface area contributed by atoms with Crippen molar-refractivity contribution in [2.75, 3.05) is 0 Å². The summed E-state index contributed by atoms with van der Waals surface area (Å²) >= 11 is 0. The maximum absolute atomic E-state index is 10.1. The molecule has 2 aromatic heterocycles. The van der Waals surface area contributed by atoms with Crippen LogP contribution in [0.3, 0.4) is 0 Å². The van der Waals surface area contributed by atoms with Crippen molar-refractivity contribution in [1.29, 1.82) is 0 Å². The van der Waals surface area contributed by atoms with E-state index in [4.69, 9.17) is 0 Å². The Labute approximate surface area is 325 Å². The number of fused-ring (bicyclic) bond motifs is 2. The van der Waals surface area contributed by atoms with Gasteiger partial charge in [-0.15, -0.1) is 91.0 Å². The molecule has 230 valence electrons. The van der Waals surface area contributed by atoms with Gasteiger partial charge in [-0.1, -0.05) is 102 Å². The molecule has 6 aromatic carbocycles. The molecule has 2 N–H and O–H groups in total. The van der Waals surface area contributed by atoms with Crippen molar-refractivity contribution in [3.05, 3.63) is 217 Å².